The van der Waals surface area contributed by atoms with Crippen LogP contribution in [0, 0.1) is 11.3 Å². The molecule has 0 radical (unpaired) electrons. The zero-order valence-corrected chi connectivity index (χ0v) is 18.5. The molecule has 0 bridgehead atoms. The Morgan fingerprint density at radius 2 is 2.12 bits per heavy atom. The highest BCUT2D eigenvalue weighted by atomic mass is 35.5. The Bertz CT molecular complexity index is 1150. The average Bonchev–Trinajstić information content (AvgIpc) is 3.37. The quantitative estimate of drug-likeness (QED) is 0.329. The van der Waals surface area contributed by atoms with Gasteiger partial charge in [-0.3, -0.25) is 4.57 Å². The summed E-state index contributed by atoms with van der Waals surface area (Å²) in [5, 5.41) is 30.5. The maximum atomic E-state index is 13.9. The van der Waals surface area contributed by atoms with Crippen molar-refractivity contribution >= 4 is 35.9 Å². The van der Waals surface area contributed by atoms with Crippen LogP contribution in [0.1, 0.15) is 18.2 Å². The number of fused-ring (bicyclic) bond motifs is 1. The summed E-state index contributed by atoms with van der Waals surface area (Å²) in [5.74, 6) is -2.92. The lowest BCUT2D eigenvalue weighted by Gasteiger charge is -2.22. The van der Waals surface area contributed by atoms with Crippen LogP contribution in [0.4, 0.5) is 14.5 Å². The summed E-state index contributed by atoms with van der Waals surface area (Å²) in [6.45, 7) is -0.995. The third-order valence-corrected chi connectivity index (χ3v) is 6.33. The van der Waals surface area contributed by atoms with Crippen molar-refractivity contribution in [3.05, 3.63) is 23.0 Å². The van der Waals surface area contributed by atoms with Gasteiger partial charge in [0.1, 0.15) is 41.9 Å². The van der Waals surface area contributed by atoms with E-state index in [-0.39, 0.29) is 35.0 Å². The Kier molecular flexibility index (Phi) is 6.41. The second-order valence-electron chi connectivity index (χ2n) is 7.94. The van der Waals surface area contributed by atoms with Crippen molar-refractivity contribution in [2.75, 3.05) is 30.9 Å². The maximum absolute atomic E-state index is 13.9. The van der Waals surface area contributed by atoms with Gasteiger partial charge in [0.15, 0.2) is 11.4 Å². The monoisotopic (exact) mass is 508 g/mol. The van der Waals surface area contributed by atoms with E-state index >= 15 is 0 Å². The minimum Gasteiger partial charge on any atom is -0.387 e. The van der Waals surface area contributed by atoms with E-state index in [0.29, 0.717) is 5.39 Å². The Hall–Kier alpha value is -1.88. The van der Waals surface area contributed by atoms with Crippen molar-refractivity contribution in [3.63, 3.8) is 0 Å². The van der Waals surface area contributed by atoms with Crippen LogP contribution in [0.3, 0.4) is 0 Å². The number of halogens is 3. The summed E-state index contributed by atoms with van der Waals surface area (Å²) < 4.78 is 50.5. The van der Waals surface area contributed by atoms with Gasteiger partial charge in [-0.2, -0.15) is 5.26 Å². The maximum Gasteiger partial charge on any atom is 0.350 e. The molecule has 0 saturated carbocycles. The number of hydrogen-bond acceptors (Lipinski definition) is 8. The van der Waals surface area contributed by atoms with E-state index in [4.69, 9.17) is 30.9 Å². The summed E-state index contributed by atoms with van der Waals surface area (Å²) in [6.07, 6.45) is -5.04. The van der Waals surface area contributed by atoms with Gasteiger partial charge in [-0.25, -0.2) is 13.8 Å². The number of pyridine rings is 1. The van der Waals surface area contributed by atoms with E-state index in [1.165, 1.54) is 21.7 Å². The van der Waals surface area contributed by atoms with Crippen LogP contribution in [0.5, 0.6) is 0 Å². The minimum atomic E-state index is -4.43. The molecule has 0 unspecified atom stereocenters. The second kappa shape index (κ2) is 8.72. The molecule has 180 valence electrons. The number of nitriles is 1. The third kappa shape index (κ3) is 4.71. The fraction of sp³-hybridized carbons (Fsp3) is 0.556. The molecule has 33 heavy (non-hydrogen) atoms. The summed E-state index contributed by atoms with van der Waals surface area (Å²) in [6, 6.07) is 3.43. The van der Waals surface area contributed by atoms with Gasteiger partial charge in [-0.15, -0.1) is 0 Å². The van der Waals surface area contributed by atoms with E-state index in [9.17, 15) is 28.8 Å². The Morgan fingerprint density at radius 1 is 1.39 bits per heavy atom. The highest BCUT2D eigenvalue weighted by molar-refractivity contribution is 7.51. The van der Waals surface area contributed by atoms with Crippen LogP contribution in [0.2, 0.25) is 5.15 Å². The van der Waals surface area contributed by atoms with Gasteiger partial charge in [0.25, 0.3) is 5.92 Å². The first kappa shape index (κ1) is 24.3. The number of nitrogens with zero attached hydrogens (tertiary/aromatic N) is 4. The highest BCUT2D eigenvalue weighted by Gasteiger charge is 2.45. The zero-order chi connectivity index (χ0) is 24.1. The molecule has 2 fully saturated rings. The third-order valence-electron chi connectivity index (χ3n) is 5.54. The lowest BCUT2D eigenvalue weighted by atomic mass is 10.1. The molecule has 2 aromatic rings. The predicted octanol–water partition coefficient (Wildman–Crippen LogP) is 1.18. The van der Waals surface area contributed by atoms with Gasteiger partial charge in [-0.1, -0.05) is 11.6 Å². The van der Waals surface area contributed by atoms with E-state index in [0.717, 1.165) is 0 Å². The van der Waals surface area contributed by atoms with Gasteiger partial charge >= 0.3 is 7.60 Å². The van der Waals surface area contributed by atoms with E-state index in [1.807, 2.05) is 6.07 Å². The summed E-state index contributed by atoms with van der Waals surface area (Å²) in [7, 11) is -4.43. The molecular formula is C18H20ClF2N4O7P. The Morgan fingerprint density at radius 3 is 2.73 bits per heavy atom. The van der Waals surface area contributed by atoms with Crippen LogP contribution in [0.15, 0.2) is 12.3 Å². The Balaban J connectivity index is 1.67. The minimum absolute atomic E-state index is 0.00253. The fourth-order valence-corrected chi connectivity index (χ4v) is 4.62. The molecule has 2 aromatic heterocycles. The molecule has 15 heteroatoms. The molecule has 2 aliphatic heterocycles. The van der Waals surface area contributed by atoms with E-state index < -0.39 is 57.6 Å². The molecule has 11 nitrogen and oxygen atoms in total. The van der Waals surface area contributed by atoms with Gasteiger partial charge in [-0.05, 0) is 6.07 Å². The normalized spacial score (nSPS) is 27.4. The Labute approximate surface area is 190 Å². The smallest absolute Gasteiger partial charge is 0.350 e. The van der Waals surface area contributed by atoms with Gasteiger partial charge in [0, 0.05) is 24.5 Å². The second-order valence-corrected chi connectivity index (χ2v) is 9.88. The first-order valence-electron chi connectivity index (χ1n) is 9.79. The summed E-state index contributed by atoms with van der Waals surface area (Å²) >= 11 is 6.19. The number of rotatable bonds is 6. The molecule has 4 atom stereocenters. The number of aliphatic hydroxyl groups excluding tert-OH is 2. The van der Waals surface area contributed by atoms with Gasteiger partial charge in [0.2, 0.25) is 0 Å². The lowest BCUT2D eigenvalue weighted by Crippen LogP contribution is -2.33. The molecule has 2 saturated heterocycles. The number of ether oxygens (including phenoxy) is 2. The number of aliphatic hydroxyl groups is 2. The first-order chi connectivity index (χ1) is 15.4. The van der Waals surface area contributed by atoms with Crippen LogP contribution < -0.4 is 4.90 Å². The molecule has 0 aliphatic carbocycles. The van der Waals surface area contributed by atoms with Crippen molar-refractivity contribution < 1.29 is 42.8 Å². The van der Waals surface area contributed by atoms with Gasteiger partial charge in [0.05, 0.1) is 18.8 Å². The number of alkyl halides is 2. The van der Waals surface area contributed by atoms with Crippen molar-refractivity contribution in [3.8, 4) is 6.07 Å². The lowest BCUT2D eigenvalue weighted by molar-refractivity contribution is -0.0610. The molecular weight excluding hydrogens is 489 g/mol. The first-order valence-corrected chi connectivity index (χ1v) is 12.0. The van der Waals surface area contributed by atoms with Crippen molar-refractivity contribution in [1.29, 1.82) is 5.26 Å². The number of hydrogen-bond donors (Lipinski definition) is 4. The van der Waals surface area contributed by atoms with E-state index in [1.54, 1.807) is 0 Å². The molecule has 4 N–H and O–H groups in total. The largest absolute Gasteiger partial charge is 0.387 e. The van der Waals surface area contributed by atoms with Crippen LogP contribution >= 0.6 is 19.2 Å². The van der Waals surface area contributed by atoms with Gasteiger partial charge < -0.3 is 38.9 Å². The molecule has 0 aromatic carbocycles. The fourth-order valence-electron chi connectivity index (χ4n) is 4.07. The van der Waals surface area contributed by atoms with Crippen molar-refractivity contribution in [2.45, 2.75) is 36.9 Å². The summed E-state index contributed by atoms with van der Waals surface area (Å²) in [5.41, 5.74) is 0.270. The zero-order valence-electron chi connectivity index (χ0n) is 16.9. The molecule has 0 amide bonds. The topological polar surface area (TPSA) is 161 Å². The average molecular weight is 509 g/mol. The van der Waals surface area contributed by atoms with Crippen LogP contribution in [-0.2, 0) is 14.0 Å². The highest BCUT2D eigenvalue weighted by Crippen LogP contribution is 2.41. The molecule has 2 aliphatic rings. The number of anilines is 1. The SMILES string of the molecule is N#Cc1c(Cl)nc2c(ccn2[C@@H]2O[C@H](COCP(=O)(O)O)[C@@H](O)[C@H]2O)c1N1CCC(F)(F)C1. The van der Waals surface area contributed by atoms with E-state index in [2.05, 4.69) is 4.98 Å². The molecule has 4 rings (SSSR count). The standard InChI is InChI=1S/C18H20ClF2N4O7P/c19-15-10(5-22)12(24-4-2-18(20,21)7-24)9-1-3-25(16(9)23-15)17-14(27)13(26)11(32-17)6-31-8-33(28,29)30/h1,3,11,13-14,17,26-27H,2,4,6-8H2,(H2,28,29,30)/t11-,13-,14-,17-/m1/s1. The number of aromatic nitrogens is 2. The van der Waals surface area contributed by atoms with Crippen molar-refractivity contribution in [1.82, 2.24) is 9.55 Å². The van der Waals surface area contributed by atoms with Crippen LogP contribution in [0.25, 0.3) is 11.0 Å². The molecule has 4 heterocycles. The molecule has 0 spiro atoms. The predicted molar refractivity (Wildman–Crippen MR) is 110 cm³/mol. The van der Waals surface area contributed by atoms with Crippen molar-refractivity contribution in [2.24, 2.45) is 0 Å². The van der Waals surface area contributed by atoms with Crippen LogP contribution in [-0.4, -0.2) is 79.8 Å². The summed E-state index contributed by atoms with van der Waals surface area (Å²) in [4.78, 5) is 23.3.